The van der Waals surface area contributed by atoms with E-state index in [0.29, 0.717) is 34.6 Å². The number of unbranched alkanes of at least 4 members (excludes halogenated alkanes) is 1. The van der Waals surface area contributed by atoms with Gasteiger partial charge in [0.05, 0.1) is 16.5 Å². The molecule has 7 heteroatoms. The summed E-state index contributed by atoms with van der Waals surface area (Å²) in [5.74, 6) is -0.289. The molecule has 2 aromatic carbocycles. The monoisotopic (exact) mass is 468 g/mol. The van der Waals surface area contributed by atoms with Gasteiger partial charge < -0.3 is 10.2 Å². The van der Waals surface area contributed by atoms with Gasteiger partial charge in [0, 0.05) is 18.1 Å². The Morgan fingerprint density at radius 1 is 0.967 bits per heavy atom. The fraction of sp³-hybridized carbons (Fsp3) is 0.391. The normalized spacial score (nSPS) is 11.8. The topological polar surface area (TPSA) is 49.4 Å². The van der Waals surface area contributed by atoms with Gasteiger partial charge in [-0.05, 0) is 48.2 Å². The number of amides is 2. The largest absolute Gasteiger partial charge is 0.354 e. The quantitative estimate of drug-likeness (QED) is 0.440. The third-order valence-electron chi connectivity index (χ3n) is 4.82. The van der Waals surface area contributed by atoms with Gasteiger partial charge in [0.25, 0.3) is 0 Å². The summed E-state index contributed by atoms with van der Waals surface area (Å²) in [7, 11) is 0. The molecule has 30 heavy (non-hydrogen) atoms. The predicted octanol–water partition coefficient (Wildman–Crippen LogP) is 5.91. The van der Waals surface area contributed by atoms with Crippen LogP contribution in [0.3, 0.4) is 0 Å². The van der Waals surface area contributed by atoms with E-state index in [2.05, 4.69) is 12.2 Å². The van der Waals surface area contributed by atoms with Gasteiger partial charge in [-0.3, -0.25) is 9.59 Å². The van der Waals surface area contributed by atoms with Gasteiger partial charge in [0.2, 0.25) is 11.8 Å². The second-order valence-electron chi connectivity index (χ2n) is 7.14. The van der Waals surface area contributed by atoms with E-state index in [4.69, 9.17) is 34.8 Å². The highest BCUT2D eigenvalue weighted by Crippen LogP contribution is 2.24. The van der Waals surface area contributed by atoms with E-state index >= 15 is 0 Å². The molecule has 0 aliphatic carbocycles. The number of carbonyl (C=O) groups is 2. The molecule has 0 aliphatic rings. The Kier molecular flexibility index (Phi) is 9.96. The molecule has 0 heterocycles. The average molecular weight is 470 g/mol. The van der Waals surface area contributed by atoms with E-state index < -0.39 is 6.04 Å². The van der Waals surface area contributed by atoms with Crippen molar-refractivity contribution in [2.24, 2.45) is 0 Å². The van der Waals surface area contributed by atoms with E-state index in [1.807, 2.05) is 19.1 Å². The van der Waals surface area contributed by atoms with Crippen molar-refractivity contribution >= 4 is 46.6 Å². The molecule has 0 bridgehead atoms. The minimum atomic E-state index is -0.562. The summed E-state index contributed by atoms with van der Waals surface area (Å²) in [5.41, 5.74) is 1.65. The zero-order valence-corrected chi connectivity index (χ0v) is 19.5. The zero-order chi connectivity index (χ0) is 22.1. The Labute approximate surface area is 193 Å². The lowest BCUT2D eigenvalue weighted by molar-refractivity contribution is -0.140. The Bertz CT molecular complexity index is 856. The Hall–Kier alpha value is -1.75. The first-order valence-corrected chi connectivity index (χ1v) is 11.2. The lowest BCUT2D eigenvalue weighted by Crippen LogP contribution is -2.49. The van der Waals surface area contributed by atoms with Crippen molar-refractivity contribution in [2.45, 2.75) is 52.1 Å². The molecule has 2 amide bonds. The number of nitrogens with one attached hydrogen (secondary N) is 1. The van der Waals surface area contributed by atoms with Crippen molar-refractivity contribution in [3.8, 4) is 0 Å². The van der Waals surface area contributed by atoms with Crippen LogP contribution >= 0.6 is 34.8 Å². The molecule has 0 fully saturated rings. The van der Waals surface area contributed by atoms with Crippen LogP contribution in [0, 0.1) is 0 Å². The van der Waals surface area contributed by atoms with E-state index in [1.54, 1.807) is 35.2 Å². The minimum absolute atomic E-state index is 0.128. The van der Waals surface area contributed by atoms with Gasteiger partial charge >= 0.3 is 0 Å². The van der Waals surface area contributed by atoms with Gasteiger partial charge in [-0.2, -0.15) is 0 Å². The molecular formula is C23H27Cl3N2O2. The number of nitrogens with zero attached hydrogens (tertiary/aromatic N) is 1. The molecule has 0 unspecified atom stereocenters. The number of benzene rings is 2. The van der Waals surface area contributed by atoms with E-state index in [-0.39, 0.29) is 18.2 Å². The Balaban J connectivity index is 2.25. The zero-order valence-electron chi connectivity index (χ0n) is 17.3. The fourth-order valence-electron chi connectivity index (χ4n) is 3.14. The van der Waals surface area contributed by atoms with Gasteiger partial charge in [-0.25, -0.2) is 0 Å². The molecule has 4 nitrogen and oxygen atoms in total. The number of rotatable bonds is 10. The third-order valence-corrected chi connectivity index (χ3v) is 5.81. The number of hydrogen-bond donors (Lipinski definition) is 1. The molecule has 0 radical (unpaired) electrons. The molecule has 0 aromatic heterocycles. The van der Waals surface area contributed by atoms with Crippen LogP contribution in [-0.2, 0) is 22.6 Å². The Morgan fingerprint density at radius 2 is 1.63 bits per heavy atom. The van der Waals surface area contributed by atoms with Gasteiger partial charge in [0.1, 0.15) is 6.04 Å². The van der Waals surface area contributed by atoms with E-state index in [9.17, 15) is 9.59 Å². The SMILES string of the molecule is CCCCNC(=O)[C@@H](CC)N(Cc1ccc(Cl)cc1)C(=O)Cc1ccc(Cl)c(Cl)c1. The van der Waals surface area contributed by atoms with Crippen molar-refractivity contribution in [3.63, 3.8) is 0 Å². The summed E-state index contributed by atoms with van der Waals surface area (Å²) >= 11 is 18.1. The van der Waals surface area contributed by atoms with Crippen molar-refractivity contribution < 1.29 is 9.59 Å². The van der Waals surface area contributed by atoms with Crippen LogP contribution in [0.2, 0.25) is 15.1 Å². The molecule has 2 rings (SSSR count). The van der Waals surface area contributed by atoms with Crippen LogP contribution < -0.4 is 5.32 Å². The van der Waals surface area contributed by atoms with E-state index in [0.717, 1.165) is 24.0 Å². The molecule has 0 aliphatic heterocycles. The van der Waals surface area contributed by atoms with Gasteiger partial charge in [-0.1, -0.05) is 73.3 Å². The number of hydrogen-bond acceptors (Lipinski definition) is 2. The smallest absolute Gasteiger partial charge is 0.242 e. The van der Waals surface area contributed by atoms with Crippen LogP contribution in [0.4, 0.5) is 0 Å². The molecule has 1 atom stereocenters. The lowest BCUT2D eigenvalue weighted by Gasteiger charge is -2.31. The van der Waals surface area contributed by atoms with Crippen LogP contribution in [0.5, 0.6) is 0 Å². The minimum Gasteiger partial charge on any atom is -0.354 e. The highest BCUT2D eigenvalue weighted by Gasteiger charge is 2.28. The van der Waals surface area contributed by atoms with E-state index in [1.165, 1.54) is 0 Å². The number of halogens is 3. The molecule has 0 spiro atoms. The second kappa shape index (κ2) is 12.2. The summed E-state index contributed by atoms with van der Waals surface area (Å²) in [6.45, 7) is 4.89. The second-order valence-corrected chi connectivity index (χ2v) is 8.39. The standard InChI is InChI=1S/C23H27Cl3N2O2/c1-3-5-12-27-23(30)21(4-2)28(15-16-6-9-18(24)10-7-16)22(29)14-17-8-11-19(25)20(26)13-17/h6-11,13,21H,3-5,12,14-15H2,1-2H3,(H,27,30)/t21-/m1/s1. The lowest BCUT2D eigenvalue weighted by atomic mass is 10.1. The fourth-order valence-corrected chi connectivity index (χ4v) is 3.58. The summed E-state index contributed by atoms with van der Waals surface area (Å²) in [6.07, 6.45) is 2.53. The van der Waals surface area contributed by atoms with Crippen molar-refractivity contribution in [1.29, 1.82) is 0 Å². The third kappa shape index (κ3) is 7.19. The van der Waals surface area contributed by atoms with Gasteiger partial charge in [-0.15, -0.1) is 0 Å². The highest BCUT2D eigenvalue weighted by molar-refractivity contribution is 6.42. The van der Waals surface area contributed by atoms with Crippen molar-refractivity contribution in [3.05, 3.63) is 68.7 Å². The molecule has 0 saturated heterocycles. The first-order valence-electron chi connectivity index (χ1n) is 10.1. The predicted molar refractivity (Wildman–Crippen MR) is 124 cm³/mol. The van der Waals surface area contributed by atoms with Crippen LogP contribution in [0.1, 0.15) is 44.2 Å². The van der Waals surface area contributed by atoms with Crippen molar-refractivity contribution in [2.75, 3.05) is 6.54 Å². The van der Waals surface area contributed by atoms with Crippen molar-refractivity contribution in [1.82, 2.24) is 10.2 Å². The van der Waals surface area contributed by atoms with Crippen LogP contribution in [0.25, 0.3) is 0 Å². The molecule has 1 N–H and O–H groups in total. The maximum absolute atomic E-state index is 13.3. The maximum atomic E-state index is 13.3. The maximum Gasteiger partial charge on any atom is 0.242 e. The molecule has 162 valence electrons. The summed E-state index contributed by atoms with van der Waals surface area (Å²) < 4.78 is 0. The molecule has 0 saturated carbocycles. The van der Waals surface area contributed by atoms with Crippen LogP contribution in [0.15, 0.2) is 42.5 Å². The summed E-state index contributed by atoms with van der Waals surface area (Å²) in [4.78, 5) is 27.7. The first kappa shape index (κ1) is 24.5. The molecular weight excluding hydrogens is 443 g/mol. The molecule has 2 aromatic rings. The average Bonchev–Trinajstić information content (AvgIpc) is 2.72. The number of carbonyl (C=O) groups excluding carboxylic acids is 2. The van der Waals surface area contributed by atoms with Crippen LogP contribution in [-0.4, -0.2) is 29.3 Å². The Morgan fingerprint density at radius 3 is 2.23 bits per heavy atom. The first-order chi connectivity index (χ1) is 14.3. The highest BCUT2D eigenvalue weighted by atomic mass is 35.5. The summed E-state index contributed by atoms with van der Waals surface area (Å²) in [5, 5.41) is 4.41. The summed E-state index contributed by atoms with van der Waals surface area (Å²) in [6, 6.07) is 11.9. The van der Waals surface area contributed by atoms with Gasteiger partial charge in [0.15, 0.2) is 0 Å².